The molecule has 0 spiro atoms. The van der Waals surface area contributed by atoms with Crippen LogP contribution in [0.5, 0.6) is 11.5 Å². The lowest BCUT2D eigenvalue weighted by atomic mass is 10.0. The van der Waals surface area contributed by atoms with E-state index >= 15 is 0 Å². The van der Waals surface area contributed by atoms with Crippen molar-refractivity contribution in [3.63, 3.8) is 0 Å². The van der Waals surface area contributed by atoms with E-state index in [1.54, 1.807) is 17.0 Å². The maximum absolute atomic E-state index is 13.2. The second kappa shape index (κ2) is 11.2. The van der Waals surface area contributed by atoms with Crippen molar-refractivity contribution < 1.29 is 23.0 Å². The number of hydrogen-bond acceptors (Lipinski definition) is 3. The van der Waals surface area contributed by atoms with Crippen molar-refractivity contribution in [3.8, 4) is 22.6 Å². The Morgan fingerprint density at radius 3 is 1.86 bits per heavy atom. The van der Waals surface area contributed by atoms with E-state index in [0.29, 0.717) is 11.5 Å². The van der Waals surface area contributed by atoms with Crippen LogP contribution in [0.15, 0.2) is 109 Å². The molecule has 0 bridgehead atoms. The van der Waals surface area contributed by atoms with Crippen LogP contribution in [0.3, 0.4) is 0 Å². The number of nitrogens with zero attached hydrogens (tertiary/aromatic N) is 1. The Kier molecular flexibility index (Phi) is 7.85. The fourth-order valence-electron chi connectivity index (χ4n) is 3.86. The number of aliphatic hydroxyl groups excluding tert-OH is 1. The summed E-state index contributed by atoms with van der Waals surface area (Å²) in [6.45, 7) is -0.0743. The predicted octanol–water partition coefficient (Wildman–Crippen LogP) is 7.07. The Morgan fingerprint density at radius 1 is 0.657 bits per heavy atom. The van der Waals surface area contributed by atoms with Crippen LogP contribution in [0.25, 0.3) is 11.1 Å². The minimum atomic E-state index is -4.69. The van der Waals surface area contributed by atoms with E-state index in [-0.39, 0.29) is 13.1 Å². The lowest BCUT2D eigenvalue weighted by molar-refractivity contribution is -0.208. The van der Waals surface area contributed by atoms with Crippen LogP contribution in [0.1, 0.15) is 11.1 Å². The number of hydrogen-bond donors (Lipinski definition) is 1. The molecule has 1 N–H and O–H groups in total. The molecule has 0 radical (unpaired) electrons. The van der Waals surface area contributed by atoms with E-state index in [2.05, 4.69) is 0 Å². The standard InChI is InChI=1S/C29H26F3NO2/c30-29(31,32)28(34)21-33(19-22-9-7-13-25(17-22)24-11-3-1-4-12-24)20-23-10-8-16-27(18-23)35-26-14-5-2-6-15-26/h1-18,28,34H,19-21H2. The molecule has 0 fully saturated rings. The highest BCUT2D eigenvalue weighted by Crippen LogP contribution is 2.26. The van der Waals surface area contributed by atoms with Crippen LogP contribution in [0, 0.1) is 0 Å². The number of aliphatic hydroxyl groups is 1. The predicted molar refractivity (Wildman–Crippen MR) is 131 cm³/mol. The lowest BCUT2D eigenvalue weighted by Crippen LogP contribution is -2.40. The van der Waals surface area contributed by atoms with Crippen LogP contribution in [-0.2, 0) is 13.1 Å². The Hall–Kier alpha value is -3.61. The minimum absolute atomic E-state index is 0.217. The molecule has 0 heterocycles. The summed E-state index contributed by atoms with van der Waals surface area (Å²) >= 11 is 0. The number of rotatable bonds is 9. The third-order valence-electron chi connectivity index (χ3n) is 5.53. The fourth-order valence-corrected chi connectivity index (χ4v) is 3.86. The van der Waals surface area contributed by atoms with Crippen molar-refractivity contribution in [2.24, 2.45) is 0 Å². The van der Waals surface area contributed by atoms with Gasteiger partial charge < -0.3 is 9.84 Å². The molecule has 180 valence electrons. The van der Waals surface area contributed by atoms with Crippen LogP contribution in [-0.4, -0.2) is 28.8 Å². The smallest absolute Gasteiger partial charge is 0.415 e. The van der Waals surface area contributed by atoms with Crippen LogP contribution in [0.2, 0.25) is 0 Å². The summed E-state index contributed by atoms with van der Waals surface area (Å²) < 4.78 is 45.4. The zero-order valence-electron chi connectivity index (χ0n) is 19.0. The fraction of sp³-hybridized carbons (Fsp3) is 0.172. The van der Waals surface area contributed by atoms with E-state index in [1.807, 2.05) is 97.1 Å². The molecule has 0 saturated carbocycles. The molecule has 1 atom stereocenters. The van der Waals surface area contributed by atoms with E-state index in [4.69, 9.17) is 4.74 Å². The van der Waals surface area contributed by atoms with Crippen LogP contribution < -0.4 is 4.74 Å². The zero-order chi connectivity index (χ0) is 24.7. The summed E-state index contributed by atoms with van der Waals surface area (Å²) in [4.78, 5) is 1.60. The number of benzene rings is 4. The molecule has 4 aromatic carbocycles. The van der Waals surface area contributed by atoms with Gasteiger partial charge in [0.1, 0.15) is 11.5 Å². The molecule has 0 aliphatic rings. The van der Waals surface area contributed by atoms with Gasteiger partial charge in [0.2, 0.25) is 0 Å². The molecule has 35 heavy (non-hydrogen) atoms. The van der Waals surface area contributed by atoms with Gasteiger partial charge in [-0.3, -0.25) is 4.90 Å². The minimum Gasteiger partial charge on any atom is -0.457 e. The van der Waals surface area contributed by atoms with Gasteiger partial charge >= 0.3 is 6.18 Å². The Bertz CT molecular complexity index is 1210. The van der Waals surface area contributed by atoms with Gasteiger partial charge in [0, 0.05) is 19.6 Å². The van der Waals surface area contributed by atoms with Crippen molar-refractivity contribution in [2.75, 3.05) is 6.54 Å². The quantitative estimate of drug-likeness (QED) is 0.280. The average molecular weight is 478 g/mol. The summed E-state index contributed by atoms with van der Waals surface area (Å²) in [5.41, 5.74) is 3.66. The second-order valence-electron chi connectivity index (χ2n) is 8.36. The number of halogens is 3. The van der Waals surface area contributed by atoms with E-state index in [9.17, 15) is 18.3 Å². The molecule has 4 aromatic rings. The normalized spacial score (nSPS) is 12.5. The molecule has 0 aliphatic carbocycles. The van der Waals surface area contributed by atoms with Crippen LogP contribution >= 0.6 is 0 Å². The number of para-hydroxylation sites is 1. The topological polar surface area (TPSA) is 32.7 Å². The second-order valence-corrected chi connectivity index (χ2v) is 8.36. The van der Waals surface area contributed by atoms with E-state index < -0.39 is 18.8 Å². The maximum Gasteiger partial charge on any atom is 0.415 e. The summed E-state index contributed by atoms with van der Waals surface area (Å²) in [6.07, 6.45) is -7.13. The van der Waals surface area contributed by atoms with Crippen molar-refractivity contribution in [2.45, 2.75) is 25.4 Å². The average Bonchev–Trinajstić information content (AvgIpc) is 2.85. The highest BCUT2D eigenvalue weighted by Gasteiger charge is 2.39. The van der Waals surface area contributed by atoms with Gasteiger partial charge in [0.05, 0.1) is 0 Å². The molecular formula is C29H26F3NO2. The molecule has 3 nitrogen and oxygen atoms in total. The van der Waals surface area contributed by atoms with Gasteiger partial charge in [-0.25, -0.2) is 0 Å². The van der Waals surface area contributed by atoms with E-state index in [0.717, 1.165) is 22.3 Å². The number of alkyl halides is 3. The zero-order valence-corrected chi connectivity index (χ0v) is 19.0. The molecule has 1 unspecified atom stereocenters. The van der Waals surface area contributed by atoms with Crippen molar-refractivity contribution in [3.05, 3.63) is 120 Å². The maximum atomic E-state index is 13.2. The largest absolute Gasteiger partial charge is 0.457 e. The molecule has 0 aliphatic heterocycles. The van der Waals surface area contributed by atoms with Crippen LogP contribution in [0.4, 0.5) is 13.2 Å². The Morgan fingerprint density at radius 2 is 1.20 bits per heavy atom. The van der Waals surface area contributed by atoms with Crippen molar-refractivity contribution >= 4 is 0 Å². The van der Waals surface area contributed by atoms with Gasteiger partial charge in [-0.15, -0.1) is 0 Å². The van der Waals surface area contributed by atoms with Crippen molar-refractivity contribution in [1.82, 2.24) is 4.90 Å². The molecule has 4 rings (SSSR count). The van der Waals surface area contributed by atoms with Gasteiger partial charge in [0.25, 0.3) is 0 Å². The SMILES string of the molecule is OC(CN(Cc1cccc(Oc2ccccc2)c1)Cc1cccc(-c2ccccc2)c1)C(F)(F)F. The van der Waals surface area contributed by atoms with Gasteiger partial charge in [-0.05, 0) is 52.6 Å². The Balaban J connectivity index is 1.54. The molecule has 0 amide bonds. The molecule has 0 aromatic heterocycles. The van der Waals surface area contributed by atoms with Gasteiger partial charge in [-0.1, -0.05) is 78.9 Å². The molecular weight excluding hydrogens is 451 g/mol. The van der Waals surface area contributed by atoms with Gasteiger partial charge in [0.15, 0.2) is 6.10 Å². The first-order valence-corrected chi connectivity index (χ1v) is 11.3. The third kappa shape index (κ3) is 7.18. The highest BCUT2D eigenvalue weighted by atomic mass is 19.4. The summed E-state index contributed by atoms with van der Waals surface area (Å²) in [5.74, 6) is 1.27. The summed E-state index contributed by atoms with van der Waals surface area (Å²) in [5, 5.41) is 9.80. The lowest BCUT2D eigenvalue weighted by Gasteiger charge is -2.26. The summed E-state index contributed by atoms with van der Waals surface area (Å²) in [7, 11) is 0. The first-order chi connectivity index (χ1) is 16.9. The monoisotopic (exact) mass is 477 g/mol. The van der Waals surface area contributed by atoms with Gasteiger partial charge in [-0.2, -0.15) is 13.2 Å². The first kappa shape index (κ1) is 24.5. The Labute approximate surface area is 203 Å². The van der Waals surface area contributed by atoms with Crippen molar-refractivity contribution in [1.29, 1.82) is 0 Å². The molecule has 6 heteroatoms. The summed E-state index contributed by atoms with van der Waals surface area (Å²) in [6, 6.07) is 34.0. The third-order valence-corrected chi connectivity index (χ3v) is 5.53. The first-order valence-electron chi connectivity index (χ1n) is 11.3. The molecule has 0 saturated heterocycles. The van der Waals surface area contributed by atoms with E-state index in [1.165, 1.54) is 0 Å². The number of ether oxygens (including phenoxy) is 1. The highest BCUT2D eigenvalue weighted by molar-refractivity contribution is 5.63.